The average Bonchev–Trinajstić information content (AvgIpc) is 2.67. The molecule has 0 aromatic heterocycles. The van der Waals surface area contributed by atoms with E-state index in [0.717, 1.165) is 26.1 Å². The van der Waals surface area contributed by atoms with Crippen LogP contribution < -0.4 is 5.32 Å². The summed E-state index contributed by atoms with van der Waals surface area (Å²) in [5, 5.41) is 11.5. The molecule has 6 heteroatoms. The molecule has 0 radical (unpaired) electrons. The van der Waals surface area contributed by atoms with E-state index in [2.05, 4.69) is 5.32 Å². The number of urea groups is 1. The van der Waals surface area contributed by atoms with Crippen LogP contribution in [-0.4, -0.2) is 54.9 Å². The Kier molecular flexibility index (Phi) is 3.83. The van der Waals surface area contributed by atoms with Crippen LogP contribution in [0, 0.1) is 11.8 Å². The van der Waals surface area contributed by atoms with E-state index in [1.54, 1.807) is 0 Å². The number of carbonyl (C=O) groups excluding carboxylic acids is 1. The van der Waals surface area contributed by atoms with Crippen LogP contribution in [0.3, 0.4) is 0 Å². The van der Waals surface area contributed by atoms with Crippen molar-refractivity contribution in [3.8, 4) is 0 Å². The van der Waals surface area contributed by atoms with Crippen molar-refractivity contribution >= 4 is 12.0 Å². The van der Waals surface area contributed by atoms with Crippen molar-refractivity contribution in [2.24, 2.45) is 11.8 Å². The Balaban J connectivity index is 1.57. The largest absolute Gasteiger partial charge is 0.481 e. The van der Waals surface area contributed by atoms with Crippen LogP contribution in [0.2, 0.25) is 0 Å². The summed E-state index contributed by atoms with van der Waals surface area (Å²) in [6.45, 7) is 2.91. The fraction of sp³-hybridized carbons (Fsp3) is 0.818. The monoisotopic (exact) mass is 242 g/mol. The van der Waals surface area contributed by atoms with E-state index in [1.807, 2.05) is 0 Å². The molecule has 1 unspecified atom stereocenters. The summed E-state index contributed by atoms with van der Waals surface area (Å²) in [6.07, 6.45) is 2.00. The molecule has 96 valence electrons. The fourth-order valence-corrected chi connectivity index (χ4v) is 2.11. The van der Waals surface area contributed by atoms with Crippen molar-refractivity contribution in [1.82, 2.24) is 10.2 Å². The molecule has 2 heterocycles. The Morgan fingerprint density at radius 2 is 2.18 bits per heavy atom. The Bertz CT molecular complexity index is 296. The zero-order chi connectivity index (χ0) is 12.3. The fourth-order valence-electron chi connectivity index (χ4n) is 2.11. The number of rotatable bonds is 4. The standard InChI is InChI=1S/C11H18N2O4/c14-10(15)9-5-13(6-9)11(16)12-3-1-8-2-4-17-7-8/h8-9H,1-7H2,(H,12,16)(H,14,15). The number of aliphatic carboxylic acids is 1. The molecule has 0 bridgehead atoms. The van der Waals surface area contributed by atoms with Gasteiger partial charge in [-0.05, 0) is 18.8 Å². The van der Waals surface area contributed by atoms with Gasteiger partial charge in [0.15, 0.2) is 0 Å². The van der Waals surface area contributed by atoms with Gasteiger partial charge in [0.05, 0.1) is 5.92 Å². The molecule has 0 aromatic rings. The van der Waals surface area contributed by atoms with Gasteiger partial charge in [-0.3, -0.25) is 4.79 Å². The molecule has 2 amide bonds. The lowest BCUT2D eigenvalue weighted by Crippen LogP contribution is -2.56. The Morgan fingerprint density at radius 3 is 2.76 bits per heavy atom. The number of hydrogen-bond acceptors (Lipinski definition) is 3. The molecule has 0 spiro atoms. The molecule has 1 atom stereocenters. The molecule has 0 aromatic carbocycles. The highest BCUT2D eigenvalue weighted by atomic mass is 16.5. The van der Waals surface area contributed by atoms with Gasteiger partial charge >= 0.3 is 12.0 Å². The molecule has 2 saturated heterocycles. The maximum absolute atomic E-state index is 11.6. The second-order valence-electron chi connectivity index (χ2n) is 4.69. The van der Waals surface area contributed by atoms with Crippen LogP contribution in [0.25, 0.3) is 0 Å². The van der Waals surface area contributed by atoms with Crippen molar-refractivity contribution in [2.45, 2.75) is 12.8 Å². The van der Waals surface area contributed by atoms with Crippen LogP contribution in [0.5, 0.6) is 0 Å². The van der Waals surface area contributed by atoms with Gasteiger partial charge in [-0.2, -0.15) is 0 Å². The first kappa shape index (κ1) is 12.2. The van der Waals surface area contributed by atoms with Crippen molar-refractivity contribution in [3.63, 3.8) is 0 Å². The molecule has 2 fully saturated rings. The maximum Gasteiger partial charge on any atom is 0.317 e. The molecule has 6 nitrogen and oxygen atoms in total. The van der Waals surface area contributed by atoms with Crippen LogP contribution in [0.4, 0.5) is 4.79 Å². The average molecular weight is 242 g/mol. The summed E-state index contributed by atoms with van der Waals surface area (Å²) in [5.74, 6) is -0.653. The Morgan fingerprint density at radius 1 is 1.41 bits per heavy atom. The van der Waals surface area contributed by atoms with Gasteiger partial charge in [-0.15, -0.1) is 0 Å². The molecule has 0 aliphatic carbocycles. The minimum atomic E-state index is -0.822. The Hall–Kier alpha value is -1.30. The third-order valence-electron chi connectivity index (χ3n) is 3.37. The highest BCUT2D eigenvalue weighted by molar-refractivity contribution is 5.79. The maximum atomic E-state index is 11.6. The lowest BCUT2D eigenvalue weighted by molar-refractivity contribution is -0.146. The first-order chi connectivity index (χ1) is 8.16. The molecule has 0 saturated carbocycles. The summed E-state index contributed by atoms with van der Waals surface area (Å²) in [6, 6.07) is -0.151. The molecule has 2 aliphatic rings. The molecule has 2 N–H and O–H groups in total. The van der Waals surface area contributed by atoms with Crippen LogP contribution >= 0.6 is 0 Å². The number of nitrogens with zero attached hydrogens (tertiary/aromatic N) is 1. The minimum absolute atomic E-state index is 0.151. The third-order valence-corrected chi connectivity index (χ3v) is 3.37. The number of ether oxygens (including phenoxy) is 1. The van der Waals surface area contributed by atoms with Gasteiger partial charge < -0.3 is 20.1 Å². The van der Waals surface area contributed by atoms with Crippen molar-refractivity contribution < 1.29 is 19.4 Å². The molecule has 2 aliphatic heterocycles. The first-order valence-corrected chi connectivity index (χ1v) is 6.00. The normalized spacial score (nSPS) is 24.5. The van der Waals surface area contributed by atoms with E-state index in [1.165, 1.54) is 4.90 Å². The van der Waals surface area contributed by atoms with E-state index in [-0.39, 0.29) is 11.9 Å². The number of carboxylic acid groups (broad SMARTS) is 1. The number of likely N-dealkylation sites (tertiary alicyclic amines) is 1. The number of hydrogen-bond donors (Lipinski definition) is 2. The number of amides is 2. The van der Waals surface area contributed by atoms with Crippen LogP contribution in [0.1, 0.15) is 12.8 Å². The van der Waals surface area contributed by atoms with E-state index in [4.69, 9.17) is 9.84 Å². The predicted molar refractivity (Wildman–Crippen MR) is 59.6 cm³/mol. The summed E-state index contributed by atoms with van der Waals surface area (Å²) in [4.78, 5) is 23.7. The lowest BCUT2D eigenvalue weighted by atomic mass is 10.0. The highest BCUT2D eigenvalue weighted by Crippen LogP contribution is 2.17. The highest BCUT2D eigenvalue weighted by Gasteiger charge is 2.35. The molecule has 17 heavy (non-hydrogen) atoms. The summed E-state index contributed by atoms with van der Waals surface area (Å²) in [5.41, 5.74) is 0. The molecular weight excluding hydrogens is 224 g/mol. The lowest BCUT2D eigenvalue weighted by Gasteiger charge is -2.36. The van der Waals surface area contributed by atoms with Crippen molar-refractivity contribution in [1.29, 1.82) is 0 Å². The van der Waals surface area contributed by atoms with Gasteiger partial charge in [-0.25, -0.2) is 4.79 Å². The minimum Gasteiger partial charge on any atom is -0.481 e. The summed E-state index contributed by atoms with van der Waals surface area (Å²) >= 11 is 0. The van der Waals surface area contributed by atoms with Gasteiger partial charge in [0.1, 0.15) is 0 Å². The number of carboxylic acids is 1. The van der Waals surface area contributed by atoms with Crippen molar-refractivity contribution in [2.75, 3.05) is 32.8 Å². The summed E-state index contributed by atoms with van der Waals surface area (Å²) in [7, 11) is 0. The second kappa shape index (κ2) is 5.35. The quantitative estimate of drug-likeness (QED) is 0.735. The van der Waals surface area contributed by atoms with Gasteiger partial charge in [0.2, 0.25) is 0 Å². The van der Waals surface area contributed by atoms with Crippen LogP contribution in [-0.2, 0) is 9.53 Å². The zero-order valence-corrected chi connectivity index (χ0v) is 9.72. The first-order valence-electron chi connectivity index (χ1n) is 6.00. The molecular formula is C11H18N2O4. The Labute approximate surface area is 99.9 Å². The number of carbonyl (C=O) groups is 2. The zero-order valence-electron chi connectivity index (χ0n) is 9.72. The smallest absolute Gasteiger partial charge is 0.317 e. The van der Waals surface area contributed by atoms with Crippen molar-refractivity contribution in [3.05, 3.63) is 0 Å². The van der Waals surface area contributed by atoms with E-state index >= 15 is 0 Å². The topological polar surface area (TPSA) is 78.9 Å². The third kappa shape index (κ3) is 3.09. The predicted octanol–water partition coefficient (Wildman–Crippen LogP) is 0.139. The SMILES string of the molecule is O=C(O)C1CN(C(=O)NCCC2CCOC2)C1. The van der Waals surface area contributed by atoms with Gasteiger partial charge in [-0.1, -0.05) is 0 Å². The van der Waals surface area contributed by atoms with E-state index in [9.17, 15) is 9.59 Å². The van der Waals surface area contributed by atoms with E-state index < -0.39 is 5.97 Å². The van der Waals surface area contributed by atoms with E-state index in [0.29, 0.717) is 25.6 Å². The second-order valence-corrected chi connectivity index (χ2v) is 4.69. The molecule has 2 rings (SSSR count). The number of nitrogens with one attached hydrogen (secondary N) is 1. The van der Waals surface area contributed by atoms with Crippen LogP contribution in [0.15, 0.2) is 0 Å². The summed E-state index contributed by atoms with van der Waals surface area (Å²) < 4.78 is 5.25. The van der Waals surface area contributed by atoms with Gasteiger partial charge in [0.25, 0.3) is 0 Å². The van der Waals surface area contributed by atoms with Gasteiger partial charge in [0, 0.05) is 32.8 Å².